The lowest BCUT2D eigenvalue weighted by atomic mass is 10.2. The van der Waals surface area contributed by atoms with E-state index in [-0.39, 0.29) is 0 Å². The molecule has 0 aliphatic rings. The van der Waals surface area contributed by atoms with Crippen molar-refractivity contribution in [3.63, 3.8) is 0 Å². The molecule has 1 N–H and O–H groups in total. The first-order valence-electron chi connectivity index (χ1n) is 5.64. The first-order valence-corrected chi connectivity index (χ1v) is 5.64. The Morgan fingerprint density at radius 2 is 2.11 bits per heavy atom. The SMILES string of the molecule is CC(C)(C)OC(=O)Nc1cccc2cncnc12. The van der Waals surface area contributed by atoms with E-state index in [2.05, 4.69) is 15.3 Å². The van der Waals surface area contributed by atoms with Crippen LogP contribution in [0, 0.1) is 0 Å². The van der Waals surface area contributed by atoms with Gasteiger partial charge < -0.3 is 4.74 Å². The van der Waals surface area contributed by atoms with E-state index in [1.165, 1.54) is 6.33 Å². The lowest BCUT2D eigenvalue weighted by Crippen LogP contribution is -2.27. The predicted molar refractivity (Wildman–Crippen MR) is 69.4 cm³/mol. The third kappa shape index (κ3) is 2.94. The lowest BCUT2D eigenvalue weighted by Gasteiger charge is -2.19. The summed E-state index contributed by atoms with van der Waals surface area (Å²) >= 11 is 0. The van der Waals surface area contributed by atoms with Gasteiger partial charge in [0.1, 0.15) is 11.9 Å². The maximum absolute atomic E-state index is 11.7. The van der Waals surface area contributed by atoms with E-state index in [4.69, 9.17) is 4.74 Å². The van der Waals surface area contributed by atoms with Gasteiger partial charge >= 0.3 is 6.09 Å². The van der Waals surface area contributed by atoms with Gasteiger partial charge in [0.25, 0.3) is 0 Å². The molecule has 1 amide bonds. The highest BCUT2D eigenvalue weighted by Crippen LogP contribution is 2.20. The molecular formula is C13H15N3O2. The third-order valence-electron chi connectivity index (χ3n) is 2.17. The summed E-state index contributed by atoms with van der Waals surface area (Å²) in [5.41, 5.74) is 0.784. The van der Waals surface area contributed by atoms with Crippen molar-refractivity contribution in [1.82, 2.24) is 9.97 Å². The number of hydrogen-bond donors (Lipinski definition) is 1. The summed E-state index contributed by atoms with van der Waals surface area (Å²) in [5.74, 6) is 0. The van der Waals surface area contributed by atoms with Crippen molar-refractivity contribution in [3.8, 4) is 0 Å². The minimum absolute atomic E-state index is 0.492. The van der Waals surface area contributed by atoms with Crippen molar-refractivity contribution in [2.24, 2.45) is 0 Å². The Morgan fingerprint density at radius 3 is 2.83 bits per heavy atom. The molecular weight excluding hydrogens is 230 g/mol. The molecule has 0 spiro atoms. The van der Waals surface area contributed by atoms with Crippen molar-refractivity contribution in [3.05, 3.63) is 30.7 Å². The highest BCUT2D eigenvalue weighted by molar-refractivity contribution is 5.97. The van der Waals surface area contributed by atoms with Gasteiger partial charge in [0.2, 0.25) is 0 Å². The molecule has 0 radical (unpaired) electrons. The van der Waals surface area contributed by atoms with Crippen LogP contribution in [-0.4, -0.2) is 21.7 Å². The molecule has 0 saturated carbocycles. The second-order valence-corrected chi connectivity index (χ2v) is 4.89. The molecule has 0 aliphatic heterocycles. The number of carbonyl (C=O) groups excluding carboxylic acids is 1. The van der Waals surface area contributed by atoms with Crippen LogP contribution in [0.2, 0.25) is 0 Å². The topological polar surface area (TPSA) is 64.1 Å². The zero-order chi connectivity index (χ0) is 13.2. The van der Waals surface area contributed by atoms with Crippen molar-refractivity contribution < 1.29 is 9.53 Å². The van der Waals surface area contributed by atoms with Crippen LogP contribution in [0.1, 0.15) is 20.8 Å². The normalized spacial score (nSPS) is 11.3. The predicted octanol–water partition coefficient (Wildman–Crippen LogP) is 2.98. The number of rotatable bonds is 1. The zero-order valence-corrected chi connectivity index (χ0v) is 10.6. The molecule has 18 heavy (non-hydrogen) atoms. The molecule has 0 bridgehead atoms. The molecule has 2 aromatic rings. The Hall–Kier alpha value is -2.17. The van der Waals surface area contributed by atoms with E-state index in [0.717, 1.165) is 5.39 Å². The number of fused-ring (bicyclic) bond motifs is 1. The van der Waals surface area contributed by atoms with Gasteiger partial charge in [0.15, 0.2) is 0 Å². The van der Waals surface area contributed by atoms with E-state index >= 15 is 0 Å². The van der Waals surface area contributed by atoms with Crippen LogP contribution >= 0.6 is 0 Å². The standard InChI is InChI=1S/C13H15N3O2/c1-13(2,3)18-12(17)16-10-6-4-5-9-7-14-8-15-11(9)10/h4-8H,1-3H3,(H,16,17). The van der Waals surface area contributed by atoms with Crippen LogP contribution in [0.3, 0.4) is 0 Å². The number of para-hydroxylation sites is 1. The van der Waals surface area contributed by atoms with Crippen LogP contribution < -0.4 is 5.32 Å². The number of hydrogen-bond acceptors (Lipinski definition) is 4. The fourth-order valence-corrected chi connectivity index (χ4v) is 1.53. The van der Waals surface area contributed by atoms with E-state index in [1.807, 2.05) is 32.9 Å². The molecule has 0 fully saturated rings. The number of benzene rings is 1. The van der Waals surface area contributed by atoms with Crippen molar-refractivity contribution in [2.45, 2.75) is 26.4 Å². The molecule has 0 aliphatic carbocycles. The van der Waals surface area contributed by atoms with Crippen LogP contribution in [0.5, 0.6) is 0 Å². The Kier molecular flexibility index (Phi) is 3.14. The Morgan fingerprint density at radius 1 is 1.33 bits per heavy atom. The van der Waals surface area contributed by atoms with Crippen LogP contribution in [-0.2, 0) is 4.74 Å². The lowest BCUT2D eigenvalue weighted by molar-refractivity contribution is 0.0636. The number of ether oxygens (including phenoxy) is 1. The average molecular weight is 245 g/mol. The zero-order valence-electron chi connectivity index (χ0n) is 10.6. The van der Waals surface area contributed by atoms with Crippen LogP contribution in [0.4, 0.5) is 10.5 Å². The van der Waals surface area contributed by atoms with Crippen LogP contribution in [0.15, 0.2) is 30.7 Å². The summed E-state index contributed by atoms with van der Waals surface area (Å²) in [4.78, 5) is 19.8. The second kappa shape index (κ2) is 4.60. The average Bonchev–Trinajstić information content (AvgIpc) is 2.27. The van der Waals surface area contributed by atoms with Gasteiger partial charge in [-0.3, -0.25) is 5.32 Å². The van der Waals surface area contributed by atoms with Gasteiger partial charge in [-0.2, -0.15) is 0 Å². The van der Waals surface area contributed by atoms with Crippen molar-refractivity contribution >= 4 is 22.7 Å². The van der Waals surface area contributed by atoms with E-state index in [1.54, 1.807) is 12.3 Å². The molecule has 5 heteroatoms. The van der Waals surface area contributed by atoms with Crippen molar-refractivity contribution in [1.29, 1.82) is 0 Å². The number of nitrogens with one attached hydrogen (secondary N) is 1. The Bertz CT molecular complexity index is 570. The molecule has 0 atom stereocenters. The Labute approximate surface area is 105 Å². The smallest absolute Gasteiger partial charge is 0.412 e. The molecule has 1 heterocycles. The van der Waals surface area contributed by atoms with Gasteiger partial charge in [-0.25, -0.2) is 14.8 Å². The molecule has 0 saturated heterocycles. The van der Waals surface area contributed by atoms with Gasteiger partial charge in [-0.1, -0.05) is 12.1 Å². The molecule has 94 valence electrons. The number of anilines is 1. The fraction of sp³-hybridized carbons (Fsp3) is 0.308. The Balaban J connectivity index is 2.24. The highest BCUT2D eigenvalue weighted by Gasteiger charge is 2.16. The summed E-state index contributed by atoms with van der Waals surface area (Å²) in [6.45, 7) is 5.45. The number of aromatic nitrogens is 2. The molecule has 0 unspecified atom stereocenters. The molecule has 5 nitrogen and oxygen atoms in total. The maximum Gasteiger partial charge on any atom is 0.412 e. The molecule has 2 rings (SSSR count). The van der Waals surface area contributed by atoms with Gasteiger partial charge in [0, 0.05) is 11.6 Å². The highest BCUT2D eigenvalue weighted by atomic mass is 16.6. The van der Waals surface area contributed by atoms with Gasteiger partial charge in [-0.05, 0) is 26.8 Å². The summed E-state index contributed by atoms with van der Waals surface area (Å²) < 4.78 is 5.20. The summed E-state index contributed by atoms with van der Waals surface area (Å²) in [7, 11) is 0. The largest absolute Gasteiger partial charge is 0.444 e. The molecule has 1 aromatic heterocycles. The quantitative estimate of drug-likeness (QED) is 0.838. The van der Waals surface area contributed by atoms with E-state index in [0.29, 0.717) is 11.2 Å². The van der Waals surface area contributed by atoms with E-state index < -0.39 is 11.7 Å². The summed E-state index contributed by atoms with van der Waals surface area (Å²) in [6, 6.07) is 5.49. The first kappa shape index (κ1) is 12.3. The van der Waals surface area contributed by atoms with Crippen molar-refractivity contribution in [2.75, 3.05) is 5.32 Å². The monoisotopic (exact) mass is 245 g/mol. The van der Waals surface area contributed by atoms with Crippen LogP contribution in [0.25, 0.3) is 10.9 Å². The third-order valence-corrected chi connectivity index (χ3v) is 2.17. The minimum Gasteiger partial charge on any atom is -0.444 e. The second-order valence-electron chi connectivity index (χ2n) is 4.89. The first-order chi connectivity index (χ1) is 8.46. The van der Waals surface area contributed by atoms with Gasteiger partial charge in [-0.15, -0.1) is 0 Å². The summed E-state index contributed by atoms with van der Waals surface area (Å²) in [6.07, 6.45) is 2.65. The number of amides is 1. The minimum atomic E-state index is -0.524. The molecule has 1 aromatic carbocycles. The number of carbonyl (C=O) groups is 1. The fourth-order valence-electron chi connectivity index (χ4n) is 1.53. The maximum atomic E-state index is 11.7. The summed E-state index contributed by atoms with van der Waals surface area (Å²) in [5, 5.41) is 3.56. The van der Waals surface area contributed by atoms with E-state index in [9.17, 15) is 4.79 Å². The van der Waals surface area contributed by atoms with Gasteiger partial charge in [0.05, 0.1) is 11.2 Å². The number of nitrogens with zero attached hydrogens (tertiary/aromatic N) is 2.